The van der Waals surface area contributed by atoms with Crippen molar-refractivity contribution in [2.45, 2.75) is 19.4 Å². The monoisotopic (exact) mass is 260 g/mol. The molecule has 0 bridgehead atoms. The van der Waals surface area contributed by atoms with E-state index in [1.165, 1.54) is 6.07 Å². The quantitative estimate of drug-likeness (QED) is 0.823. The summed E-state index contributed by atoms with van der Waals surface area (Å²) in [4.78, 5) is 1.87. The van der Waals surface area contributed by atoms with Crippen LogP contribution in [0.15, 0.2) is 18.2 Å². The molecule has 1 rings (SSSR count). The van der Waals surface area contributed by atoms with Crippen molar-refractivity contribution >= 4 is 23.1 Å². The van der Waals surface area contributed by atoms with Gasteiger partial charge in [-0.2, -0.15) is 11.8 Å². The number of anilines is 2. The number of thioether (sulfide) groups is 1. The molecule has 0 heterocycles. The number of nitrogen functional groups attached to an aromatic ring is 1. The molecule has 0 aliphatic rings. The largest absolute Gasteiger partial charge is 0.399 e. The van der Waals surface area contributed by atoms with Crippen molar-refractivity contribution in [3.63, 3.8) is 0 Å². The van der Waals surface area contributed by atoms with Gasteiger partial charge in [-0.3, -0.25) is 0 Å². The van der Waals surface area contributed by atoms with Gasteiger partial charge >= 0.3 is 0 Å². The second-order valence-electron chi connectivity index (χ2n) is 4.03. The first-order chi connectivity index (χ1) is 7.97. The van der Waals surface area contributed by atoms with Crippen LogP contribution in [-0.4, -0.2) is 25.1 Å². The van der Waals surface area contributed by atoms with Crippen molar-refractivity contribution in [2.24, 2.45) is 0 Å². The van der Waals surface area contributed by atoms with Gasteiger partial charge < -0.3 is 10.6 Å². The van der Waals surface area contributed by atoms with Crippen LogP contribution in [0, 0.1) is 0 Å². The summed E-state index contributed by atoms with van der Waals surface area (Å²) in [6.07, 6.45) is -0.501. The average Bonchev–Trinajstić information content (AvgIpc) is 2.28. The Bertz CT molecular complexity index is 372. The van der Waals surface area contributed by atoms with E-state index in [4.69, 9.17) is 5.73 Å². The third kappa shape index (κ3) is 3.49. The highest BCUT2D eigenvalue weighted by atomic mass is 32.2. The molecule has 0 fully saturated rings. The first kappa shape index (κ1) is 14.1. The van der Waals surface area contributed by atoms with Crippen molar-refractivity contribution in [1.29, 1.82) is 0 Å². The number of rotatable bonds is 5. The highest BCUT2D eigenvalue weighted by molar-refractivity contribution is 7.98. The molecule has 0 aliphatic heterocycles. The maximum absolute atomic E-state index is 12.9. The van der Waals surface area contributed by atoms with E-state index >= 15 is 0 Å². The molecule has 96 valence electrons. The van der Waals surface area contributed by atoms with Crippen LogP contribution in [-0.2, 0) is 0 Å². The first-order valence-corrected chi connectivity index (χ1v) is 6.76. The van der Waals surface area contributed by atoms with Gasteiger partial charge in [0.15, 0.2) is 0 Å². The predicted octanol–water partition coefficient (Wildman–Crippen LogP) is 3.39. The fourth-order valence-electron chi connectivity index (χ4n) is 1.66. The lowest BCUT2D eigenvalue weighted by atomic mass is 10.1. The molecule has 0 spiro atoms. The summed E-state index contributed by atoms with van der Waals surface area (Å²) in [6, 6.07) is 4.87. The van der Waals surface area contributed by atoms with Crippen molar-refractivity contribution < 1.29 is 8.78 Å². The smallest absolute Gasteiger partial charge is 0.265 e. The molecule has 1 aromatic rings. The summed E-state index contributed by atoms with van der Waals surface area (Å²) in [6.45, 7) is 2.02. The summed E-state index contributed by atoms with van der Waals surface area (Å²) in [7, 11) is 1.83. The van der Waals surface area contributed by atoms with Gasteiger partial charge in [0.2, 0.25) is 0 Å². The summed E-state index contributed by atoms with van der Waals surface area (Å²) in [5, 5.41) is 0. The van der Waals surface area contributed by atoms with E-state index < -0.39 is 6.43 Å². The molecule has 0 radical (unpaired) electrons. The van der Waals surface area contributed by atoms with Crippen molar-refractivity contribution in [3.8, 4) is 0 Å². The van der Waals surface area contributed by atoms with Gasteiger partial charge in [-0.15, -0.1) is 0 Å². The Morgan fingerprint density at radius 1 is 1.41 bits per heavy atom. The van der Waals surface area contributed by atoms with E-state index in [0.29, 0.717) is 11.4 Å². The van der Waals surface area contributed by atoms with Gasteiger partial charge in [-0.05, 0) is 31.4 Å². The lowest BCUT2D eigenvalue weighted by molar-refractivity contribution is 0.152. The molecule has 2 nitrogen and oxygen atoms in total. The molecule has 0 amide bonds. The predicted molar refractivity (Wildman–Crippen MR) is 72.1 cm³/mol. The zero-order chi connectivity index (χ0) is 13.0. The lowest BCUT2D eigenvalue weighted by Gasteiger charge is -2.28. The Labute approximate surface area is 105 Å². The van der Waals surface area contributed by atoms with Gasteiger partial charge in [0, 0.05) is 35.8 Å². The first-order valence-electron chi connectivity index (χ1n) is 5.36. The molecule has 0 saturated heterocycles. The highest BCUT2D eigenvalue weighted by Gasteiger charge is 2.18. The number of halogens is 2. The van der Waals surface area contributed by atoms with Crippen LogP contribution >= 0.6 is 11.8 Å². The zero-order valence-electron chi connectivity index (χ0n) is 10.3. The molecule has 0 aliphatic carbocycles. The maximum atomic E-state index is 12.9. The third-order valence-corrected chi connectivity index (χ3v) is 3.55. The van der Waals surface area contributed by atoms with Gasteiger partial charge in [0.1, 0.15) is 0 Å². The second kappa shape index (κ2) is 6.10. The molecule has 17 heavy (non-hydrogen) atoms. The Morgan fingerprint density at radius 3 is 2.59 bits per heavy atom. The van der Waals surface area contributed by atoms with Gasteiger partial charge in [-0.25, -0.2) is 8.78 Å². The van der Waals surface area contributed by atoms with Crippen LogP contribution in [0.4, 0.5) is 20.2 Å². The molecular weight excluding hydrogens is 242 g/mol. The summed E-state index contributed by atoms with van der Waals surface area (Å²) >= 11 is 1.70. The van der Waals surface area contributed by atoms with E-state index in [0.717, 1.165) is 5.75 Å². The summed E-state index contributed by atoms with van der Waals surface area (Å²) in [5.74, 6) is 0.892. The summed E-state index contributed by atoms with van der Waals surface area (Å²) in [5.41, 5.74) is 6.47. The third-order valence-electron chi connectivity index (χ3n) is 2.74. The molecule has 1 unspecified atom stereocenters. The number of hydrogen-bond donors (Lipinski definition) is 1. The number of benzene rings is 1. The van der Waals surface area contributed by atoms with Gasteiger partial charge in [-0.1, -0.05) is 0 Å². The van der Waals surface area contributed by atoms with Crippen molar-refractivity contribution in [2.75, 3.05) is 29.7 Å². The van der Waals surface area contributed by atoms with Crippen molar-refractivity contribution in [1.82, 2.24) is 0 Å². The minimum absolute atomic E-state index is 0.000420. The van der Waals surface area contributed by atoms with E-state index in [-0.39, 0.29) is 11.6 Å². The van der Waals surface area contributed by atoms with Crippen LogP contribution < -0.4 is 10.6 Å². The number of nitrogens with two attached hydrogens (primary N) is 1. The zero-order valence-corrected chi connectivity index (χ0v) is 11.1. The Hall–Kier alpha value is -0.970. The molecule has 0 saturated carbocycles. The fourth-order valence-corrected chi connectivity index (χ4v) is 2.37. The molecule has 1 aromatic carbocycles. The molecule has 5 heteroatoms. The second-order valence-corrected chi connectivity index (χ2v) is 4.94. The Balaban J connectivity index is 3.03. The van der Waals surface area contributed by atoms with Crippen LogP contribution in [0.25, 0.3) is 0 Å². The van der Waals surface area contributed by atoms with E-state index in [9.17, 15) is 8.78 Å². The van der Waals surface area contributed by atoms with Gasteiger partial charge in [0.25, 0.3) is 6.43 Å². The fraction of sp³-hybridized carbons (Fsp3) is 0.500. The molecule has 1 atom stereocenters. The number of nitrogens with zero attached hydrogens (tertiary/aromatic N) is 1. The molecular formula is C12H18F2N2S. The van der Waals surface area contributed by atoms with Crippen LogP contribution in [0.3, 0.4) is 0 Å². The minimum atomic E-state index is -2.50. The summed E-state index contributed by atoms with van der Waals surface area (Å²) < 4.78 is 25.9. The van der Waals surface area contributed by atoms with Crippen molar-refractivity contribution in [3.05, 3.63) is 23.8 Å². The maximum Gasteiger partial charge on any atom is 0.265 e. The Kier molecular flexibility index (Phi) is 5.05. The average molecular weight is 260 g/mol. The van der Waals surface area contributed by atoms with Crippen LogP contribution in [0.2, 0.25) is 0 Å². The SMILES string of the molecule is CSCC(C)N(C)c1ccc(N)cc1C(F)F. The lowest BCUT2D eigenvalue weighted by Crippen LogP contribution is -2.31. The van der Waals surface area contributed by atoms with Gasteiger partial charge in [0.05, 0.1) is 0 Å². The molecule has 2 N–H and O–H groups in total. The normalized spacial score (nSPS) is 12.8. The van der Waals surface area contributed by atoms with E-state index in [1.807, 2.05) is 25.1 Å². The minimum Gasteiger partial charge on any atom is -0.399 e. The Morgan fingerprint density at radius 2 is 2.06 bits per heavy atom. The molecule has 0 aromatic heterocycles. The standard InChI is InChI=1S/C12H18F2N2S/c1-8(7-17-3)16(2)11-5-4-9(15)6-10(11)12(13)14/h4-6,8,12H,7,15H2,1-3H3. The van der Waals surface area contributed by atoms with Crippen LogP contribution in [0.1, 0.15) is 18.9 Å². The van der Waals surface area contributed by atoms with Crippen LogP contribution in [0.5, 0.6) is 0 Å². The topological polar surface area (TPSA) is 29.3 Å². The number of hydrogen-bond acceptors (Lipinski definition) is 3. The van der Waals surface area contributed by atoms with E-state index in [1.54, 1.807) is 23.9 Å². The number of alkyl halides is 2. The van der Waals surface area contributed by atoms with E-state index in [2.05, 4.69) is 0 Å². The highest BCUT2D eigenvalue weighted by Crippen LogP contribution is 2.32.